The van der Waals surface area contributed by atoms with Crippen LogP contribution in [0.4, 0.5) is 5.69 Å². The number of benzene rings is 2. The molecule has 0 aromatic heterocycles. The zero-order valence-corrected chi connectivity index (χ0v) is 14.6. The van der Waals surface area contributed by atoms with Gasteiger partial charge in [-0.05, 0) is 28.1 Å². The van der Waals surface area contributed by atoms with Crippen molar-refractivity contribution in [3.05, 3.63) is 67.1 Å². The fourth-order valence-electron chi connectivity index (χ4n) is 1.74. The molecule has 110 valence electrons. The maximum Gasteiger partial charge on any atom is 0.270 e. The Bertz CT molecular complexity index is 679. The number of alkyl halides is 1. The molecule has 0 fully saturated rings. The average Bonchev–Trinajstić information content (AvgIpc) is 2.46. The third kappa shape index (κ3) is 3.96. The van der Waals surface area contributed by atoms with Crippen LogP contribution in [0, 0.1) is 10.1 Å². The topological polar surface area (TPSA) is 52.4 Å². The van der Waals surface area contributed by atoms with Crippen LogP contribution in [0.1, 0.15) is 11.1 Å². The van der Waals surface area contributed by atoms with Crippen molar-refractivity contribution in [1.82, 2.24) is 0 Å². The summed E-state index contributed by atoms with van der Waals surface area (Å²) in [7, 11) is 0. The smallest absolute Gasteiger partial charge is 0.270 e. The van der Waals surface area contributed by atoms with Crippen LogP contribution in [-0.2, 0) is 11.9 Å². The quantitative estimate of drug-likeness (QED) is 0.355. The SMILES string of the molecule is O=[N+]([O-])c1ccc(COc2c(Br)cccc2CBr)c(Cl)c1. The Labute approximate surface area is 143 Å². The molecule has 0 spiro atoms. The van der Waals surface area contributed by atoms with E-state index >= 15 is 0 Å². The van der Waals surface area contributed by atoms with E-state index in [0.717, 1.165) is 15.8 Å². The standard InChI is InChI=1S/C14H10Br2ClNO3/c15-7-9-2-1-3-12(16)14(9)21-8-10-4-5-11(18(19)20)6-13(10)17/h1-6H,7-8H2. The Hall–Kier alpha value is -1.11. The molecule has 7 heteroatoms. The Morgan fingerprint density at radius 1 is 1.24 bits per heavy atom. The minimum atomic E-state index is -0.479. The second kappa shape index (κ2) is 7.24. The van der Waals surface area contributed by atoms with Gasteiger partial charge < -0.3 is 4.74 Å². The van der Waals surface area contributed by atoms with Crippen molar-refractivity contribution in [2.75, 3.05) is 0 Å². The van der Waals surface area contributed by atoms with Crippen molar-refractivity contribution < 1.29 is 9.66 Å². The molecular weight excluding hydrogens is 425 g/mol. The molecule has 0 atom stereocenters. The van der Waals surface area contributed by atoms with Crippen molar-refractivity contribution in [3.8, 4) is 5.75 Å². The molecule has 0 bridgehead atoms. The molecule has 2 rings (SSSR count). The highest BCUT2D eigenvalue weighted by Gasteiger charge is 2.12. The van der Waals surface area contributed by atoms with E-state index in [4.69, 9.17) is 16.3 Å². The van der Waals surface area contributed by atoms with Crippen molar-refractivity contribution >= 4 is 49.1 Å². The van der Waals surface area contributed by atoms with Gasteiger partial charge in [0.2, 0.25) is 0 Å². The van der Waals surface area contributed by atoms with Crippen LogP contribution < -0.4 is 4.74 Å². The van der Waals surface area contributed by atoms with E-state index in [-0.39, 0.29) is 12.3 Å². The number of nitrogens with zero attached hydrogens (tertiary/aromatic N) is 1. The lowest BCUT2D eigenvalue weighted by Gasteiger charge is -2.12. The number of ether oxygens (including phenoxy) is 1. The van der Waals surface area contributed by atoms with Crippen molar-refractivity contribution in [2.24, 2.45) is 0 Å². The van der Waals surface area contributed by atoms with Crippen molar-refractivity contribution in [2.45, 2.75) is 11.9 Å². The van der Waals surface area contributed by atoms with Gasteiger partial charge in [-0.25, -0.2) is 0 Å². The summed E-state index contributed by atoms with van der Waals surface area (Å²) < 4.78 is 6.64. The van der Waals surface area contributed by atoms with Gasteiger partial charge in [-0.2, -0.15) is 0 Å². The van der Waals surface area contributed by atoms with E-state index in [2.05, 4.69) is 31.9 Å². The highest BCUT2D eigenvalue weighted by molar-refractivity contribution is 9.10. The molecule has 0 radical (unpaired) electrons. The van der Waals surface area contributed by atoms with Gasteiger partial charge in [0, 0.05) is 28.6 Å². The van der Waals surface area contributed by atoms with E-state index in [1.807, 2.05) is 18.2 Å². The number of hydrogen-bond donors (Lipinski definition) is 0. The Morgan fingerprint density at radius 3 is 2.62 bits per heavy atom. The van der Waals surface area contributed by atoms with Crippen LogP contribution in [0.3, 0.4) is 0 Å². The number of hydrogen-bond acceptors (Lipinski definition) is 3. The van der Waals surface area contributed by atoms with E-state index in [0.29, 0.717) is 15.9 Å². The lowest BCUT2D eigenvalue weighted by Crippen LogP contribution is -2.00. The summed E-state index contributed by atoms with van der Waals surface area (Å²) in [6.07, 6.45) is 0. The fourth-order valence-corrected chi connectivity index (χ4v) is 2.93. The van der Waals surface area contributed by atoms with E-state index < -0.39 is 4.92 Å². The van der Waals surface area contributed by atoms with E-state index in [1.54, 1.807) is 6.07 Å². The number of non-ortho nitro benzene ring substituents is 1. The zero-order chi connectivity index (χ0) is 15.4. The van der Waals surface area contributed by atoms with E-state index in [9.17, 15) is 10.1 Å². The summed E-state index contributed by atoms with van der Waals surface area (Å²) in [5.74, 6) is 0.726. The summed E-state index contributed by atoms with van der Waals surface area (Å²) in [6.45, 7) is 0.236. The Morgan fingerprint density at radius 2 is 2.00 bits per heavy atom. The van der Waals surface area contributed by atoms with Gasteiger partial charge in [0.15, 0.2) is 0 Å². The summed E-state index contributed by atoms with van der Waals surface area (Å²) in [5.41, 5.74) is 1.66. The average molecular weight is 435 g/mol. The van der Waals surface area contributed by atoms with Crippen LogP contribution >= 0.6 is 43.5 Å². The Kier molecular flexibility index (Phi) is 5.61. The predicted octanol–water partition coefficient (Wildman–Crippen LogP) is 5.48. The van der Waals surface area contributed by atoms with Gasteiger partial charge in [0.25, 0.3) is 5.69 Å². The number of nitro benzene ring substituents is 1. The fraction of sp³-hybridized carbons (Fsp3) is 0.143. The number of halogens is 3. The Balaban J connectivity index is 2.19. The molecular formula is C14H10Br2ClNO3. The minimum Gasteiger partial charge on any atom is -0.487 e. The molecule has 2 aromatic rings. The van der Waals surface area contributed by atoms with Gasteiger partial charge >= 0.3 is 0 Å². The predicted molar refractivity (Wildman–Crippen MR) is 89.2 cm³/mol. The summed E-state index contributed by atoms with van der Waals surface area (Å²) >= 11 is 12.9. The van der Waals surface area contributed by atoms with Crippen LogP contribution in [0.5, 0.6) is 5.75 Å². The molecule has 4 nitrogen and oxygen atoms in total. The second-order valence-corrected chi connectivity index (χ2v) is 6.01. The monoisotopic (exact) mass is 433 g/mol. The molecule has 0 saturated carbocycles. The maximum absolute atomic E-state index is 10.7. The number of rotatable bonds is 5. The molecule has 0 saturated heterocycles. The summed E-state index contributed by atoms with van der Waals surface area (Å²) in [5, 5.41) is 11.7. The number of nitro groups is 1. The first-order valence-electron chi connectivity index (χ1n) is 5.92. The molecule has 2 aromatic carbocycles. The largest absolute Gasteiger partial charge is 0.487 e. The molecule has 21 heavy (non-hydrogen) atoms. The lowest BCUT2D eigenvalue weighted by atomic mass is 10.2. The van der Waals surface area contributed by atoms with Gasteiger partial charge in [-0.1, -0.05) is 39.7 Å². The lowest BCUT2D eigenvalue weighted by molar-refractivity contribution is -0.384. The first-order valence-corrected chi connectivity index (χ1v) is 8.21. The highest BCUT2D eigenvalue weighted by atomic mass is 79.9. The molecule has 0 heterocycles. The van der Waals surface area contributed by atoms with Crippen LogP contribution in [0.2, 0.25) is 5.02 Å². The summed E-state index contributed by atoms with van der Waals surface area (Å²) in [4.78, 5) is 10.2. The molecule has 0 aliphatic carbocycles. The first-order chi connectivity index (χ1) is 10.0. The van der Waals surface area contributed by atoms with Gasteiger partial charge in [0.1, 0.15) is 12.4 Å². The van der Waals surface area contributed by atoms with E-state index in [1.165, 1.54) is 12.1 Å². The summed E-state index contributed by atoms with van der Waals surface area (Å²) in [6, 6.07) is 10.1. The first kappa shape index (κ1) is 16.3. The third-order valence-corrected chi connectivity index (χ3v) is 4.39. The maximum atomic E-state index is 10.7. The van der Waals surface area contributed by atoms with Crippen LogP contribution in [0.15, 0.2) is 40.9 Å². The molecule has 0 aliphatic heterocycles. The molecule has 0 aliphatic rings. The van der Waals surface area contributed by atoms with Crippen molar-refractivity contribution in [1.29, 1.82) is 0 Å². The zero-order valence-electron chi connectivity index (χ0n) is 10.7. The molecule has 0 N–H and O–H groups in total. The van der Waals surface area contributed by atoms with Gasteiger partial charge in [0.05, 0.1) is 14.4 Å². The minimum absolute atomic E-state index is 0.0363. The van der Waals surface area contributed by atoms with Gasteiger partial charge in [-0.15, -0.1) is 0 Å². The number of para-hydroxylation sites is 1. The third-order valence-electron chi connectivity index (χ3n) is 2.81. The molecule has 0 unspecified atom stereocenters. The molecule has 0 amide bonds. The van der Waals surface area contributed by atoms with Crippen molar-refractivity contribution in [3.63, 3.8) is 0 Å². The highest BCUT2D eigenvalue weighted by Crippen LogP contribution is 2.32. The van der Waals surface area contributed by atoms with Gasteiger partial charge in [-0.3, -0.25) is 10.1 Å². The normalized spacial score (nSPS) is 10.4. The second-order valence-electron chi connectivity index (χ2n) is 4.18. The van der Waals surface area contributed by atoms with Crippen LogP contribution in [0.25, 0.3) is 0 Å². The van der Waals surface area contributed by atoms with Crippen LogP contribution in [-0.4, -0.2) is 4.92 Å².